The molecule has 0 spiro atoms. The lowest BCUT2D eigenvalue weighted by atomic mass is 10.3. The molecule has 0 saturated heterocycles. The average Bonchev–Trinajstić information content (AvgIpc) is 2.22. The molecule has 1 unspecified atom stereocenters. The van der Waals surface area contributed by atoms with Crippen LogP contribution in [0.15, 0.2) is 21.1 Å². The quantitative estimate of drug-likeness (QED) is 0.711. The van der Waals surface area contributed by atoms with E-state index in [2.05, 4.69) is 48.8 Å². The van der Waals surface area contributed by atoms with Crippen molar-refractivity contribution in [3.63, 3.8) is 0 Å². The van der Waals surface area contributed by atoms with Gasteiger partial charge in [-0.15, -0.1) is 0 Å². The topological polar surface area (TPSA) is 72.2 Å². The van der Waals surface area contributed by atoms with E-state index in [1.54, 1.807) is 12.1 Å². The minimum atomic E-state index is -3.69. The molecule has 0 aliphatic carbocycles. The second-order valence-electron chi connectivity index (χ2n) is 3.44. The van der Waals surface area contributed by atoms with Crippen molar-refractivity contribution >= 4 is 76.4 Å². The van der Waals surface area contributed by atoms with Crippen LogP contribution >= 0.6 is 55.7 Å². The van der Waals surface area contributed by atoms with Crippen molar-refractivity contribution in [2.45, 2.75) is 12.2 Å². The molecule has 0 heterocycles. The summed E-state index contributed by atoms with van der Waals surface area (Å²) in [7, 11) is -3.69. The molecular formula is C9H9Br2ClN2O2S2. The largest absolute Gasteiger partial charge is 0.392 e. The SMILES string of the molecule is CC(C(N)=S)S(=O)(=O)Nc1c(Br)cc(Cl)cc1Br. The van der Waals surface area contributed by atoms with Crippen LogP contribution in [-0.4, -0.2) is 18.7 Å². The number of sulfonamides is 1. The summed E-state index contributed by atoms with van der Waals surface area (Å²) in [5.74, 6) is 0. The first-order valence-electron chi connectivity index (χ1n) is 4.60. The van der Waals surface area contributed by atoms with Gasteiger partial charge in [-0.05, 0) is 50.9 Å². The second kappa shape index (κ2) is 6.04. The van der Waals surface area contributed by atoms with Gasteiger partial charge in [0.05, 0.1) is 10.7 Å². The zero-order chi connectivity index (χ0) is 14.1. The number of benzene rings is 1. The Morgan fingerprint density at radius 3 is 2.28 bits per heavy atom. The lowest BCUT2D eigenvalue weighted by Gasteiger charge is -2.16. The molecule has 9 heteroatoms. The smallest absolute Gasteiger partial charge is 0.241 e. The molecule has 18 heavy (non-hydrogen) atoms. The first kappa shape index (κ1) is 16.2. The summed E-state index contributed by atoms with van der Waals surface area (Å²) >= 11 is 17.0. The Labute approximate surface area is 133 Å². The number of thiocarbonyl (C=S) groups is 1. The number of nitrogens with one attached hydrogen (secondary N) is 1. The van der Waals surface area contributed by atoms with Crippen LogP contribution in [0, 0.1) is 0 Å². The van der Waals surface area contributed by atoms with Gasteiger partial charge in [-0.25, -0.2) is 8.42 Å². The van der Waals surface area contributed by atoms with Gasteiger partial charge in [0.15, 0.2) is 0 Å². The summed E-state index contributed by atoms with van der Waals surface area (Å²) < 4.78 is 27.4. The zero-order valence-electron chi connectivity index (χ0n) is 9.08. The maximum Gasteiger partial charge on any atom is 0.241 e. The molecular weight excluding hydrogens is 428 g/mol. The Hall–Kier alpha value is 0.110. The lowest BCUT2D eigenvalue weighted by Crippen LogP contribution is -2.35. The third-order valence-electron chi connectivity index (χ3n) is 2.12. The Morgan fingerprint density at radius 1 is 1.44 bits per heavy atom. The first-order chi connectivity index (χ1) is 8.15. The summed E-state index contributed by atoms with van der Waals surface area (Å²) in [5, 5.41) is -0.499. The minimum Gasteiger partial charge on any atom is -0.392 e. The van der Waals surface area contributed by atoms with E-state index >= 15 is 0 Å². The number of hydrogen-bond acceptors (Lipinski definition) is 3. The van der Waals surface area contributed by atoms with Crippen molar-refractivity contribution in [3.05, 3.63) is 26.1 Å². The van der Waals surface area contributed by atoms with E-state index in [9.17, 15) is 8.42 Å². The predicted octanol–water partition coefficient (Wildman–Crippen LogP) is 3.28. The summed E-state index contributed by atoms with van der Waals surface area (Å²) in [5.41, 5.74) is 5.69. The monoisotopic (exact) mass is 434 g/mol. The number of anilines is 1. The van der Waals surface area contributed by atoms with Gasteiger partial charge in [-0.1, -0.05) is 23.8 Å². The molecule has 0 amide bonds. The molecule has 4 nitrogen and oxygen atoms in total. The van der Waals surface area contributed by atoms with Gasteiger partial charge < -0.3 is 5.73 Å². The average molecular weight is 437 g/mol. The van der Waals surface area contributed by atoms with E-state index in [1.165, 1.54) is 6.92 Å². The highest BCUT2D eigenvalue weighted by Crippen LogP contribution is 2.35. The van der Waals surface area contributed by atoms with Gasteiger partial charge in [-0.2, -0.15) is 0 Å². The molecule has 100 valence electrons. The van der Waals surface area contributed by atoms with Gasteiger partial charge in [-0.3, -0.25) is 4.72 Å². The van der Waals surface area contributed by atoms with Crippen LogP contribution in [-0.2, 0) is 10.0 Å². The van der Waals surface area contributed by atoms with E-state index in [4.69, 9.17) is 17.3 Å². The molecule has 0 saturated carbocycles. The second-order valence-corrected chi connectivity index (χ2v) is 8.05. The fourth-order valence-corrected chi connectivity index (χ4v) is 4.52. The maximum atomic E-state index is 12.0. The molecule has 1 rings (SSSR count). The molecule has 3 N–H and O–H groups in total. The van der Waals surface area contributed by atoms with Gasteiger partial charge >= 0.3 is 0 Å². The Kier molecular flexibility index (Phi) is 5.43. The Bertz CT molecular complexity index is 569. The molecule has 0 bridgehead atoms. The minimum absolute atomic E-state index is 0.0938. The van der Waals surface area contributed by atoms with Crippen LogP contribution in [0.3, 0.4) is 0 Å². The highest BCUT2D eigenvalue weighted by molar-refractivity contribution is 9.11. The maximum absolute atomic E-state index is 12.0. The predicted molar refractivity (Wildman–Crippen MR) is 85.6 cm³/mol. The Balaban J connectivity index is 3.17. The fourth-order valence-electron chi connectivity index (χ4n) is 1.02. The normalized spacial score (nSPS) is 13.1. The number of hydrogen-bond donors (Lipinski definition) is 2. The van der Waals surface area contributed by atoms with Gasteiger partial charge in [0.25, 0.3) is 0 Å². The van der Waals surface area contributed by atoms with E-state index in [1.807, 2.05) is 0 Å². The van der Waals surface area contributed by atoms with Crippen molar-refractivity contribution in [1.29, 1.82) is 0 Å². The van der Waals surface area contributed by atoms with Gasteiger partial charge in [0.1, 0.15) is 5.25 Å². The third-order valence-corrected chi connectivity index (χ3v) is 5.76. The summed E-state index contributed by atoms with van der Waals surface area (Å²) in [6.45, 7) is 1.42. The van der Waals surface area contributed by atoms with E-state index in [0.717, 1.165) is 0 Å². The molecule has 0 aromatic heterocycles. The number of nitrogens with two attached hydrogens (primary N) is 1. The highest BCUT2D eigenvalue weighted by Gasteiger charge is 2.25. The summed E-state index contributed by atoms with van der Waals surface area (Å²) in [4.78, 5) is -0.0938. The fraction of sp³-hybridized carbons (Fsp3) is 0.222. The van der Waals surface area contributed by atoms with Crippen molar-refractivity contribution in [2.75, 3.05) is 4.72 Å². The molecule has 0 aliphatic heterocycles. The highest BCUT2D eigenvalue weighted by atomic mass is 79.9. The van der Waals surface area contributed by atoms with Crippen LogP contribution in [0.1, 0.15) is 6.92 Å². The molecule has 0 fully saturated rings. The van der Waals surface area contributed by atoms with Crippen LogP contribution in [0.25, 0.3) is 0 Å². The van der Waals surface area contributed by atoms with E-state index in [0.29, 0.717) is 19.7 Å². The van der Waals surface area contributed by atoms with Crippen LogP contribution in [0.5, 0.6) is 0 Å². The van der Waals surface area contributed by atoms with Crippen LogP contribution in [0.4, 0.5) is 5.69 Å². The molecule has 1 atom stereocenters. The van der Waals surface area contributed by atoms with Gasteiger partial charge in [0, 0.05) is 14.0 Å². The van der Waals surface area contributed by atoms with Crippen molar-refractivity contribution in [3.8, 4) is 0 Å². The van der Waals surface area contributed by atoms with E-state index < -0.39 is 15.3 Å². The molecule has 0 aliphatic rings. The van der Waals surface area contributed by atoms with E-state index in [-0.39, 0.29) is 4.99 Å². The Morgan fingerprint density at radius 2 is 1.89 bits per heavy atom. The molecule has 1 aromatic rings. The summed E-state index contributed by atoms with van der Waals surface area (Å²) in [6, 6.07) is 3.16. The van der Waals surface area contributed by atoms with Gasteiger partial charge in [0.2, 0.25) is 10.0 Å². The first-order valence-corrected chi connectivity index (χ1v) is 8.52. The standard InChI is InChI=1S/C9H9Br2ClN2O2S2/c1-4(9(13)17)18(15,16)14-8-6(10)2-5(12)3-7(8)11/h2-4,14H,1H3,(H2,13,17). The number of halogens is 3. The van der Waals surface area contributed by atoms with Crippen LogP contribution in [0.2, 0.25) is 5.02 Å². The van der Waals surface area contributed by atoms with Crippen molar-refractivity contribution in [2.24, 2.45) is 5.73 Å². The molecule has 0 radical (unpaired) electrons. The van der Waals surface area contributed by atoms with Crippen molar-refractivity contribution < 1.29 is 8.42 Å². The molecule has 1 aromatic carbocycles. The van der Waals surface area contributed by atoms with Crippen molar-refractivity contribution in [1.82, 2.24) is 0 Å². The summed E-state index contributed by atoms with van der Waals surface area (Å²) in [6.07, 6.45) is 0. The zero-order valence-corrected chi connectivity index (χ0v) is 14.6. The number of rotatable bonds is 4. The van der Waals surface area contributed by atoms with Crippen LogP contribution < -0.4 is 10.5 Å². The third kappa shape index (κ3) is 3.80. The lowest BCUT2D eigenvalue weighted by molar-refractivity contribution is 0.598.